The second kappa shape index (κ2) is 9.70. The molecule has 0 aromatic heterocycles. The van der Waals surface area contributed by atoms with Crippen molar-refractivity contribution in [1.82, 2.24) is 5.32 Å². The summed E-state index contributed by atoms with van der Waals surface area (Å²) in [5.41, 5.74) is -0.186. The summed E-state index contributed by atoms with van der Waals surface area (Å²) in [5, 5.41) is 35.9. The first-order chi connectivity index (χ1) is 16.0. The maximum Gasteiger partial charge on any atom is 0.325 e. The number of ether oxygens (including phenoxy) is 1. The van der Waals surface area contributed by atoms with Gasteiger partial charge in [0.1, 0.15) is 6.54 Å². The molecule has 1 amide bonds. The summed E-state index contributed by atoms with van der Waals surface area (Å²) in [6.45, 7) is 6.66. The van der Waals surface area contributed by atoms with Crippen LogP contribution in [0.15, 0.2) is 0 Å². The van der Waals surface area contributed by atoms with Crippen LogP contribution in [-0.2, 0) is 14.3 Å². The van der Waals surface area contributed by atoms with E-state index >= 15 is 0 Å². The van der Waals surface area contributed by atoms with Gasteiger partial charge in [0.2, 0.25) is 5.91 Å². The largest absolute Gasteiger partial charge is 0.468 e. The predicted molar refractivity (Wildman–Crippen MR) is 127 cm³/mol. The molecule has 0 heterocycles. The Balaban J connectivity index is 1.46. The second-order valence-corrected chi connectivity index (χ2v) is 12.4. The van der Waals surface area contributed by atoms with Crippen molar-refractivity contribution in [2.45, 2.75) is 96.9 Å². The van der Waals surface area contributed by atoms with Crippen LogP contribution < -0.4 is 5.32 Å². The average molecular weight is 480 g/mol. The third-order valence-corrected chi connectivity index (χ3v) is 11.0. The second-order valence-electron chi connectivity index (χ2n) is 12.4. The number of rotatable bonds is 6. The van der Waals surface area contributed by atoms with E-state index in [0.29, 0.717) is 30.6 Å². The average Bonchev–Trinajstić information content (AvgIpc) is 3.16. The maximum atomic E-state index is 12.2. The van der Waals surface area contributed by atoms with Crippen molar-refractivity contribution in [3.05, 3.63) is 0 Å². The van der Waals surface area contributed by atoms with Crippen molar-refractivity contribution >= 4 is 11.9 Å². The van der Waals surface area contributed by atoms with E-state index in [0.717, 1.165) is 44.9 Å². The molecule has 0 radical (unpaired) electrons. The lowest BCUT2D eigenvalue weighted by atomic mass is 9.43. The van der Waals surface area contributed by atoms with E-state index in [1.807, 2.05) is 0 Å². The third kappa shape index (κ3) is 4.30. The Bertz CT molecular complexity index is 774. The quantitative estimate of drug-likeness (QED) is 0.435. The summed E-state index contributed by atoms with van der Waals surface area (Å²) in [6, 6.07) is 0. The molecule has 194 valence electrons. The summed E-state index contributed by atoms with van der Waals surface area (Å²) in [4.78, 5) is 23.5. The van der Waals surface area contributed by atoms with Gasteiger partial charge in [-0.15, -0.1) is 0 Å². The van der Waals surface area contributed by atoms with E-state index < -0.39 is 12.1 Å². The number of nitrogens with one attached hydrogen (secondary N) is 1. The first-order valence-electron chi connectivity index (χ1n) is 13.4. The van der Waals surface area contributed by atoms with Crippen LogP contribution in [0.1, 0.15) is 78.6 Å². The fourth-order valence-electron chi connectivity index (χ4n) is 9.02. The van der Waals surface area contributed by atoms with Crippen LogP contribution in [0.4, 0.5) is 0 Å². The summed E-state index contributed by atoms with van der Waals surface area (Å²) in [6.07, 6.45) is 6.08. The van der Waals surface area contributed by atoms with Gasteiger partial charge in [-0.3, -0.25) is 9.59 Å². The molecular weight excluding hydrogens is 434 g/mol. The highest BCUT2D eigenvalue weighted by atomic mass is 16.5. The van der Waals surface area contributed by atoms with Gasteiger partial charge in [-0.05, 0) is 97.7 Å². The molecule has 0 bridgehead atoms. The van der Waals surface area contributed by atoms with Gasteiger partial charge in [-0.1, -0.05) is 20.8 Å². The molecule has 4 aliphatic rings. The van der Waals surface area contributed by atoms with Gasteiger partial charge in [0, 0.05) is 6.42 Å². The van der Waals surface area contributed by atoms with E-state index in [9.17, 15) is 24.9 Å². The molecule has 0 spiro atoms. The topological polar surface area (TPSA) is 116 Å². The van der Waals surface area contributed by atoms with Gasteiger partial charge in [0.15, 0.2) is 0 Å². The molecule has 11 atom stereocenters. The van der Waals surface area contributed by atoms with Gasteiger partial charge in [-0.25, -0.2) is 0 Å². The van der Waals surface area contributed by atoms with Crippen molar-refractivity contribution in [3.63, 3.8) is 0 Å². The molecule has 4 N–H and O–H groups in total. The summed E-state index contributed by atoms with van der Waals surface area (Å²) >= 11 is 0. The third-order valence-electron chi connectivity index (χ3n) is 11.0. The number of amides is 1. The molecule has 4 fully saturated rings. The Morgan fingerprint density at radius 3 is 2.50 bits per heavy atom. The van der Waals surface area contributed by atoms with Gasteiger partial charge < -0.3 is 25.4 Å². The minimum atomic E-state index is -0.457. The van der Waals surface area contributed by atoms with E-state index in [1.165, 1.54) is 7.11 Å². The molecule has 0 aromatic rings. The van der Waals surface area contributed by atoms with Gasteiger partial charge in [0.05, 0.1) is 25.4 Å². The Labute approximate surface area is 204 Å². The van der Waals surface area contributed by atoms with E-state index in [-0.39, 0.29) is 53.2 Å². The molecule has 7 heteroatoms. The number of hydrogen-bond acceptors (Lipinski definition) is 6. The van der Waals surface area contributed by atoms with Gasteiger partial charge in [0.25, 0.3) is 0 Å². The SMILES string of the molecule is COC(=O)CNC(=O)CC[C@@H](C)[C@H]1CC[C@H]2[C@@H]3[C@H](O)CC4C[C@H](O)CC[C@]4(C)[C@H]3C[C@H](O)[C@]12C. The molecule has 7 nitrogen and oxygen atoms in total. The Hall–Kier alpha value is -1.18. The monoisotopic (exact) mass is 479 g/mol. The van der Waals surface area contributed by atoms with Crippen molar-refractivity contribution < 1.29 is 29.6 Å². The predicted octanol–water partition coefficient (Wildman–Crippen LogP) is 2.65. The van der Waals surface area contributed by atoms with Gasteiger partial charge >= 0.3 is 5.97 Å². The van der Waals surface area contributed by atoms with Crippen LogP contribution in [0.3, 0.4) is 0 Å². The van der Waals surface area contributed by atoms with Crippen molar-refractivity contribution in [2.75, 3.05) is 13.7 Å². The number of hydrogen-bond donors (Lipinski definition) is 4. The fourth-order valence-corrected chi connectivity index (χ4v) is 9.02. The number of carbonyl (C=O) groups is 2. The van der Waals surface area contributed by atoms with Crippen LogP contribution in [0, 0.1) is 46.3 Å². The summed E-state index contributed by atoms with van der Waals surface area (Å²) < 4.78 is 4.57. The molecular formula is C27H45NO6. The van der Waals surface area contributed by atoms with Crippen LogP contribution in [0.25, 0.3) is 0 Å². The molecule has 4 rings (SSSR count). The number of fused-ring (bicyclic) bond motifs is 5. The van der Waals surface area contributed by atoms with E-state index in [4.69, 9.17) is 0 Å². The molecule has 4 aliphatic carbocycles. The maximum absolute atomic E-state index is 12.2. The molecule has 0 aromatic carbocycles. The van der Waals surface area contributed by atoms with Gasteiger partial charge in [-0.2, -0.15) is 0 Å². The molecule has 1 unspecified atom stereocenters. The molecule has 34 heavy (non-hydrogen) atoms. The number of aliphatic hydroxyl groups excluding tert-OH is 3. The van der Waals surface area contributed by atoms with Crippen LogP contribution in [0.2, 0.25) is 0 Å². The lowest BCUT2D eigenvalue weighted by Gasteiger charge is -2.63. The highest BCUT2D eigenvalue weighted by molar-refractivity contribution is 5.81. The minimum Gasteiger partial charge on any atom is -0.468 e. The Kier molecular flexibility index (Phi) is 7.39. The lowest BCUT2D eigenvalue weighted by Crippen LogP contribution is -2.62. The zero-order valence-corrected chi connectivity index (χ0v) is 21.3. The minimum absolute atomic E-state index is 0.0763. The Morgan fingerprint density at radius 2 is 1.79 bits per heavy atom. The smallest absolute Gasteiger partial charge is 0.325 e. The van der Waals surface area contributed by atoms with Crippen LogP contribution in [0.5, 0.6) is 0 Å². The lowest BCUT2D eigenvalue weighted by molar-refractivity contribution is -0.207. The molecule has 4 saturated carbocycles. The standard InChI is InChI=1S/C27H45NO6/c1-15(5-8-23(32)28-14-24(33)34-4)18-6-7-19-25-20(13-22(31)27(18,19)3)26(2)10-9-17(29)11-16(26)12-21(25)30/h15-22,25,29-31H,5-14H2,1-4H3,(H,28,32)/t15-,16?,17-,18-,19+,20+,21-,22+,25+,26+,27-/m1/s1. The van der Waals surface area contributed by atoms with Crippen LogP contribution in [-0.4, -0.2) is 59.2 Å². The number of aliphatic hydroxyl groups is 3. The first kappa shape index (κ1) is 25.9. The molecule has 0 saturated heterocycles. The molecule has 0 aliphatic heterocycles. The normalized spacial score (nSPS) is 46.6. The zero-order valence-electron chi connectivity index (χ0n) is 21.3. The van der Waals surface area contributed by atoms with Crippen molar-refractivity contribution in [1.29, 1.82) is 0 Å². The summed E-state index contributed by atoms with van der Waals surface area (Å²) in [5.74, 6) is 1.05. The van der Waals surface area contributed by atoms with Crippen molar-refractivity contribution in [2.24, 2.45) is 46.3 Å². The highest BCUT2D eigenvalue weighted by Crippen LogP contribution is 2.68. The van der Waals surface area contributed by atoms with E-state index in [1.54, 1.807) is 0 Å². The van der Waals surface area contributed by atoms with Crippen molar-refractivity contribution in [3.8, 4) is 0 Å². The number of methoxy groups -OCH3 is 1. The first-order valence-corrected chi connectivity index (χ1v) is 13.4. The van der Waals surface area contributed by atoms with Crippen LogP contribution >= 0.6 is 0 Å². The fraction of sp³-hybridized carbons (Fsp3) is 0.926. The Morgan fingerprint density at radius 1 is 1.06 bits per heavy atom. The highest BCUT2D eigenvalue weighted by Gasteiger charge is 2.65. The zero-order chi connectivity index (χ0) is 24.8. The van der Waals surface area contributed by atoms with E-state index in [2.05, 4.69) is 30.8 Å². The summed E-state index contributed by atoms with van der Waals surface area (Å²) in [7, 11) is 1.30. The number of esters is 1. The number of carbonyl (C=O) groups excluding carboxylic acids is 2.